The summed E-state index contributed by atoms with van der Waals surface area (Å²) in [4.78, 5) is 27.1. The molecule has 0 atom stereocenters. The number of nitrogens with one attached hydrogen (secondary N) is 1. The van der Waals surface area contributed by atoms with Crippen molar-refractivity contribution < 1.29 is 14.7 Å². The molecule has 5 nitrogen and oxygen atoms in total. The van der Waals surface area contributed by atoms with E-state index >= 15 is 0 Å². The Hall–Kier alpha value is -1.91. The molecule has 0 aliphatic heterocycles. The van der Waals surface area contributed by atoms with E-state index in [0.717, 1.165) is 19.3 Å². The van der Waals surface area contributed by atoms with Gasteiger partial charge in [-0.2, -0.15) is 0 Å². The number of rotatable bonds is 5. The van der Waals surface area contributed by atoms with Gasteiger partial charge in [-0.3, -0.25) is 9.78 Å². The Balaban J connectivity index is 2.07. The highest BCUT2D eigenvalue weighted by molar-refractivity contribution is 6.03. The molecule has 1 saturated carbocycles. The predicted molar refractivity (Wildman–Crippen MR) is 74.7 cm³/mol. The molecule has 20 heavy (non-hydrogen) atoms. The summed E-state index contributed by atoms with van der Waals surface area (Å²) in [6, 6.07) is 2.92. The maximum Gasteiger partial charge on any atom is 0.338 e. The summed E-state index contributed by atoms with van der Waals surface area (Å²) in [7, 11) is 0. The number of carboxylic acids is 1. The van der Waals surface area contributed by atoms with Crippen LogP contribution in [0.25, 0.3) is 0 Å². The monoisotopic (exact) mass is 276 g/mol. The summed E-state index contributed by atoms with van der Waals surface area (Å²) in [5.74, 6) is -1.53. The number of carboxylic acid groups (broad SMARTS) is 1. The van der Waals surface area contributed by atoms with E-state index in [1.54, 1.807) is 0 Å². The molecule has 1 aliphatic carbocycles. The zero-order chi connectivity index (χ0) is 14.6. The minimum atomic E-state index is -1.13. The Morgan fingerprint density at radius 3 is 2.70 bits per heavy atom. The molecule has 1 aromatic heterocycles. The summed E-state index contributed by atoms with van der Waals surface area (Å²) in [5.41, 5.74) is 0.111. The molecule has 0 unspecified atom stereocenters. The fourth-order valence-electron chi connectivity index (χ4n) is 2.89. The van der Waals surface area contributed by atoms with Gasteiger partial charge in [-0.1, -0.05) is 19.8 Å². The molecule has 1 heterocycles. The second-order valence-electron chi connectivity index (χ2n) is 5.45. The second-order valence-corrected chi connectivity index (χ2v) is 5.45. The summed E-state index contributed by atoms with van der Waals surface area (Å²) in [6.45, 7) is 2.74. The fraction of sp³-hybridized carbons (Fsp3) is 0.533. The van der Waals surface area contributed by atoms with Crippen molar-refractivity contribution in [3.05, 3.63) is 29.6 Å². The lowest BCUT2D eigenvalue weighted by Crippen LogP contribution is -2.36. The van der Waals surface area contributed by atoms with Crippen LogP contribution >= 0.6 is 0 Å². The molecule has 0 saturated heterocycles. The van der Waals surface area contributed by atoms with E-state index in [2.05, 4.69) is 17.2 Å². The van der Waals surface area contributed by atoms with Gasteiger partial charge < -0.3 is 10.4 Å². The molecule has 0 bridgehead atoms. The van der Waals surface area contributed by atoms with Gasteiger partial charge in [0.1, 0.15) is 5.69 Å². The number of pyridine rings is 1. The maximum absolute atomic E-state index is 12.1. The van der Waals surface area contributed by atoms with E-state index in [1.165, 1.54) is 31.2 Å². The Morgan fingerprint density at radius 2 is 2.10 bits per heavy atom. The van der Waals surface area contributed by atoms with E-state index in [9.17, 15) is 9.59 Å². The molecule has 0 spiro atoms. The van der Waals surface area contributed by atoms with Crippen LogP contribution in [0.5, 0.6) is 0 Å². The summed E-state index contributed by atoms with van der Waals surface area (Å²) < 4.78 is 0. The van der Waals surface area contributed by atoms with Gasteiger partial charge in [0.15, 0.2) is 0 Å². The molecule has 2 N–H and O–H groups in total. The van der Waals surface area contributed by atoms with Crippen LogP contribution in [0.3, 0.4) is 0 Å². The van der Waals surface area contributed by atoms with E-state index in [-0.39, 0.29) is 16.7 Å². The zero-order valence-electron chi connectivity index (χ0n) is 11.7. The van der Waals surface area contributed by atoms with Crippen molar-refractivity contribution in [3.8, 4) is 0 Å². The molecule has 1 aliphatic rings. The van der Waals surface area contributed by atoms with Crippen molar-refractivity contribution in [2.75, 3.05) is 6.54 Å². The SMILES string of the molecule is CCC1(CNC(=O)c2ncccc2C(=O)O)CCCC1. The van der Waals surface area contributed by atoms with Gasteiger partial charge in [0.05, 0.1) is 5.56 Å². The van der Waals surface area contributed by atoms with Gasteiger partial charge in [0.2, 0.25) is 0 Å². The van der Waals surface area contributed by atoms with Crippen LogP contribution in [0, 0.1) is 5.41 Å². The van der Waals surface area contributed by atoms with Crippen molar-refractivity contribution in [3.63, 3.8) is 0 Å². The van der Waals surface area contributed by atoms with Crippen molar-refractivity contribution >= 4 is 11.9 Å². The first kappa shape index (κ1) is 14.5. The molecule has 5 heteroatoms. The minimum absolute atomic E-state index is 0.00995. The van der Waals surface area contributed by atoms with Crippen LogP contribution in [-0.4, -0.2) is 28.5 Å². The summed E-state index contributed by atoms with van der Waals surface area (Å²) >= 11 is 0. The molecule has 1 aromatic rings. The zero-order valence-corrected chi connectivity index (χ0v) is 11.7. The first-order chi connectivity index (χ1) is 9.58. The number of carbonyl (C=O) groups is 2. The molecule has 1 fully saturated rings. The Morgan fingerprint density at radius 1 is 1.40 bits per heavy atom. The highest BCUT2D eigenvalue weighted by Crippen LogP contribution is 2.40. The van der Waals surface area contributed by atoms with Crippen LogP contribution < -0.4 is 5.32 Å². The highest BCUT2D eigenvalue weighted by Gasteiger charge is 2.32. The van der Waals surface area contributed by atoms with Crippen molar-refractivity contribution in [2.45, 2.75) is 39.0 Å². The average Bonchev–Trinajstić information content (AvgIpc) is 2.94. The van der Waals surface area contributed by atoms with Crippen molar-refractivity contribution in [1.29, 1.82) is 0 Å². The van der Waals surface area contributed by atoms with Gasteiger partial charge in [-0.15, -0.1) is 0 Å². The van der Waals surface area contributed by atoms with Gasteiger partial charge in [-0.05, 0) is 36.8 Å². The number of hydrogen-bond acceptors (Lipinski definition) is 3. The smallest absolute Gasteiger partial charge is 0.338 e. The molecular weight excluding hydrogens is 256 g/mol. The number of carbonyl (C=O) groups excluding carboxylic acids is 1. The van der Waals surface area contributed by atoms with Crippen LogP contribution in [-0.2, 0) is 0 Å². The highest BCUT2D eigenvalue weighted by atomic mass is 16.4. The van der Waals surface area contributed by atoms with Crippen molar-refractivity contribution in [2.24, 2.45) is 5.41 Å². The van der Waals surface area contributed by atoms with Crippen LogP contribution in [0.1, 0.15) is 59.9 Å². The first-order valence-corrected chi connectivity index (χ1v) is 7.04. The number of hydrogen-bond donors (Lipinski definition) is 2. The Labute approximate surface area is 118 Å². The predicted octanol–water partition coefficient (Wildman–Crippen LogP) is 2.48. The second kappa shape index (κ2) is 6.03. The molecule has 0 radical (unpaired) electrons. The number of amides is 1. The first-order valence-electron chi connectivity index (χ1n) is 7.04. The van der Waals surface area contributed by atoms with Gasteiger partial charge in [0, 0.05) is 12.7 Å². The number of aromatic nitrogens is 1. The van der Waals surface area contributed by atoms with Crippen LogP contribution in [0.4, 0.5) is 0 Å². The van der Waals surface area contributed by atoms with E-state index in [4.69, 9.17) is 5.11 Å². The molecule has 2 rings (SSSR count). The van der Waals surface area contributed by atoms with Gasteiger partial charge in [-0.25, -0.2) is 4.79 Å². The van der Waals surface area contributed by atoms with Crippen molar-refractivity contribution in [1.82, 2.24) is 10.3 Å². The van der Waals surface area contributed by atoms with Crippen LogP contribution in [0.2, 0.25) is 0 Å². The maximum atomic E-state index is 12.1. The largest absolute Gasteiger partial charge is 0.478 e. The van der Waals surface area contributed by atoms with Gasteiger partial charge in [0.25, 0.3) is 5.91 Å². The van der Waals surface area contributed by atoms with Crippen LogP contribution in [0.15, 0.2) is 18.3 Å². The summed E-state index contributed by atoms with van der Waals surface area (Å²) in [6.07, 6.45) is 7.12. The molecule has 108 valence electrons. The topological polar surface area (TPSA) is 79.3 Å². The van der Waals surface area contributed by atoms with E-state index < -0.39 is 11.9 Å². The normalized spacial score (nSPS) is 16.9. The third kappa shape index (κ3) is 2.98. The fourth-order valence-corrected chi connectivity index (χ4v) is 2.89. The molecule has 0 aromatic carbocycles. The third-order valence-electron chi connectivity index (χ3n) is 4.29. The lowest BCUT2D eigenvalue weighted by atomic mass is 9.83. The lowest BCUT2D eigenvalue weighted by molar-refractivity contribution is 0.0689. The van der Waals surface area contributed by atoms with E-state index in [1.807, 2.05) is 0 Å². The third-order valence-corrected chi connectivity index (χ3v) is 4.29. The minimum Gasteiger partial charge on any atom is -0.478 e. The molecule has 1 amide bonds. The standard InChI is InChI=1S/C15H20N2O3/c1-2-15(7-3-4-8-15)10-17-13(18)12-11(14(19)20)6-5-9-16-12/h5-6,9H,2-4,7-8,10H2,1H3,(H,17,18)(H,19,20). The molecular formula is C15H20N2O3. The van der Waals surface area contributed by atoms with E-state index in [0.29, 0.717) is 6.54 Å². The Kier molecular flexibility index (Phi) is 4.37. The quantitative estimate of drug-likeness (QED) is 0.866. The lowest BCUT2D eigenvalue weighted by Gasteiger charge is -2.27. The average molecular weight is 276 g/mol. The Bertz CT molecular complexity index is 508. The van der Waals surface area contributed by atoms with Gasteiger partial charge >= 0.3 is 5.97 Å². The summed E-state index contributed by atoms with van der Waals surface area (Å²) in [5, 5.41) is 11.9. The number of nitrogens with zero attached hydrogens (tertiary/aromatic N) is 1. The number of aromatic carboxylic acids is 1.